The van der Waals surface area contributed by atoms with Crippen LogP contribution in [0.4, 0.5) is 0 Å². The van der Waals surface area contributed by atoms with Crippen molar-refractivity contribution in [2.45, 2.75) is 32.4 Å². The molecule has 1 aliphatic carbocycles. The topological polar surface area (TPSA) is 81.2 Å². The van der Waals surface area contributed by atoms with Gasteiger partial charge in [0.05, 0.1) is 0 Å². The summed E-state index contributed by atoms with van der Waals surface area (Å²) < 4.78 is 5.41. The molecule has 3 rings (SSSR count). The van der Waals surface area contributed by atoms with Gasteiger partial charge in [0.2, 0.25) is 5.91 Å². The maximum absolute atomic E-state index is 11.8. The number of carbonyl (C=O) groups is 1. The number of nitrogens with zero attached hydrogens (tertiary/aromatic N) is 1. The third kappa shape index (κ3) is 2.46. The standard InChI is InChI=1S/C14H17N3O2/c1-8-17-12-4-9(2-3-13(12)19-8)7-16-14(18)10-5-11(15)6-10/h2-4,10-11H,5-7,15H2,1H3,(H,16,18). The minimum Gasteiger partial charge on any atom is -0.441 e. The molecule has 0 radical (unpaired) electrons. The van der Waals surface area contributed by atoms with Crippen molar-refractivity contribution < 1.29 is 9.21 Å². The highest BCUT2D eigenvalue weighted by Crippen LogP contribution is 2.25. The summed E-state index contributed by atoms with van der Waals surface area (Å²) in [5.41, 5.74) is 8.31. The van der Waals surface area contributed by atoms with E-state index in [1.807, 2.05) is 25.1 Å². The summed E-state index contributed by atoms with van der Waals surface area (Å²) in [6.45, 7) is 2.34. The van der Waals surface area contributed by atoms with E-state index in [4.69, 9.17) is 10.2 Å². The lowest BCUT2D eigenvalue weighted by molar-refractivity contribution is -0.128. The number of nitrogens with two attached hydrogens (primary N) is 1. The van der Waals surface area contributed by atoms with E-state index >= 15 is 0 Å². The molecule has 1 aromatic heterocycles. The van der Waals surface area contributed by atoms with Crippen molar-refractivity contribution in [3.63, 3.8) is 0 Å². The number of nitrogens with one attached hydrogen (secondary N) is 1. The van der Waals surface area contributed by atoms with E-state index < -0.39 is 0 Å². The van der Waals surface area contributed by atoms with Crippen LogP contribution < -0.4 is 11.1 Å². The van der Waals surface area contributed by atoms with Gasteiger partial charge >= 0.3 is 0 Å². The largest absolute Gasteiger partial charge is 0.441 e. The van der Waals surface area contributed by atoms with E-state index in [1.54, 1.807) is 0 Å². The Morgan fingerprint density at radius 3 is 3.05 bits per heavy atom. The summed E-state index contributed by atoms with van der Waals surface area (Å²) in [6, 6.07) is 5.97. The minimum absolute atomic E-state index is 0.0908. The molecule has 2 aromatic rings. The summed E-state index contributed by atoms with van der Waals surface area (Å²) in [5, 5.41) is 2.94. The van der Waals surface area contributed by atoms with E-state index in [2.05, 4.69) is 10.3 Å². The van der Waals surface area contributed by atoms with E-state index in [0.29, 0.717) is 12.4 Å². The number of carbonyl (C=O) groups excluding carboxylic acids is 1. The fraction of sp³-hybridized carbons (Fsp3) is 0.429. The van der Waals surface area contributed by atoms with E-state index in [1.165, 1.54) is 0 Å². The zero-order valence-electron chi connectivity index (χ0n) is 10.8. The molecule has 1 aliphatic rings. The van der Waals surface area contributed by atoms with Gasteiger partial charge in [0, 0.05) is 25.4 Å². The normalized spacial score (nSPS) is 22.2. The molecule has 1 saturated carbocycles. The van der Waals surface area contributed by atoms with Gasteiger partial charge in [0.25, 0.3) is 0 Å². The van der Waals surface area contributed by atoms with Crippen molar-refractivity contribution in [2.24, 2.45) is 11.7 Å². The van der Waals surface area contributed by atoms with Crippen LogP contribution in [0.2, 0.25) is 0 Å². The van der Waals surface area contributed by atoms with Crippen LogP contribution in [0, 0.1) is 12.8 Å². The molecule has 1 aromatic carbocycles. The number of hydrogen-bond donors (Lipinski definition) is 2. The second kappa shape index (κ2) is 4.66. The van der Waals surface area contributed by atoms with Gasteiger partial charge in [-0.3, -0.25) is 4.79 Å². The average Bonchev–Trinajstić information content (AvgIpc) is 2.71. The van der Waals surface area contributed by atoms with E-state index in [9.17, 15) is 4.79 Å². The molecule has 0 bridgehead atoms. The lowest BCUT2D eigenvalue weighted by Crippen LogP contribution is -2.44. The quantitative estimate of drug-likeness (QED) is 0.875. The Morgan fingerprint density at radius 2 is 2.32 bits per heavy atom. The Morgan fingerprint density at radius 1 is 1.53 bits per heavy atom. The van der Waals surface area contributed by atoms with Crippen molar-refractivity contribution in [2.75, 3.05) is 0 Å². The van der Waals surface area contributed by atoms with Crippen LogP contribution in [0.5, 0.6) is 0 Å². The molecule has 0 atom stereocenters. The highest BCUT2D eigenvalue weighted by Gasteiger charge is 2.31. The molecule has 5 heteroatoms. The molecular weight excluding hydrogens is 242 g/mol. The summed E-state index contributed by atoms with van der Waals surface area (Å²) in [5.74, 6) is 0.839. The summed E-state index contributed by atoms with van der Waals surface area (Å²) in [7, 11) is 0. The zero-order valence-corrected chi connectivity index (χ0v) is 10.8. The number of oxazole rings is 1. The van der Waals surface area contributed by atoms with Crippen molar-refractivity contribution >= 4 is 17.0 Å². The predicted octanol–water partition coefficient (Wildman–Crippen LogP) is 1.49. The monoisotopic (exact) mass is 259 g/mol. The van der Waals surface area contributed by atoms with Crippen LogP contribution in [0.25, 0.3) is 11.1 Å². The van der Waals surface area contributed by atoms with Crippen LogP contribution in [-0.4, -0.2) is 16.9 Å². The van der Waals surface area contributed by atoms with E-state index in [0.717, 1.165) is 29.5 Å². The zero-order chi connectivity index (χ0) is 13.4. The van der Waals surface area contributed by atoms with Crippen LogP contribution in [0.1, 0.15) is 24.3 Å². The maximum Gasteiger partial charge on any atom is 0.223 e. The first kappa shape index (κ1) is 12.2. The van der Waals surface area contributed by atoms with Gasteiger partial charge in [-0.05, 0) is 30.5 Å². The van der Waals surface area contributed by atoms with Gasteiger partial charge in [-0.1, -0.05) is 6.07 Å². The SMILES string of the molecule is Cc1nc2cc(CNC(=O)C3CC(N)C3)ccc2o1. The van der Waals surface area contributed by atoms with E-state index in [-0.39, 0.29) is 17.9 Å². The molecule has 0 spiro atoms. The van der Waals surface area contributed by atoms with Crippen LogP contribution >= 0.6 is 0 Å². The molecule has 100 valence electrons. The van der Waals surface area contributed by atoms with Crippen molar-refractivity contribution in [3.8, 4) is 0 Å². The van der Waals surface area contributed by atoms with Gasteiger partial charge in [-0.25, -0.2) is 4.98 Å². The van der Waals surface area contributed by atoms with Crippen molar-refractivity contribution in [3.05, 3.63) is 29.7 Å². The predicted molar refractivity (Wildman–Crippen MR) is 71.3 cm³/mol. The van der Waals surface area contributed by atoms with Crippen molar-refractivity contribution in [1.29, 1.82) is 0 Å². The van der Waals surface area contributed by atoms with Gasteiger partial charge in [0.1, 0.15) is 5.52 Å². The molecule has 1 heterocycles. The highest BCUT2D eigenvalue weighted by atomic mass is 16.3. The summed E-state index contributed by atoms with van der Waals surface area (Å²) >= 11 is 0. The molecule has 3 N–H and O–H groups in total. The molecule has 19 heavy (non-hydrogen) atoms. The lowest BCUT2D eigenvalue weighted by Gasteiger charge is -2.31. The molecule has 5 nitrogen and oxygen atoms in total. The van der Waals surface area contributed by atoms with Crippen LogP contribution in [-0.2, 0) is 11.3 Å². The van der Waals surface area contributed by atoms with Gasteiger partial charge in [-0.2, -0.15) is 0 Å². The first-order valence-electron chi connectivity index (χ1n) is 6.51. The first-order valence-corrected chi connectivity index (χ1v) is 6.51. The second-order valence-corrected chi connectivity index (χ2v) is 5.18. The van der Waals surface area contributed by atoms with Gasteiger partial charge in [-0.15, -0.1) is 0 Å². The smallest absolute Gasteiger partial charge is 0.223 e. The lowest BCUT2D eigenvalue weighted by atomic mass is 9.80. The Kier molecular flexibility index (Phi) is 2.98. The average molecular weight is 259 g/mol. The first-order chi connectivity index (χ1) is 9.11. The maximum atomic E-state index is 11.8. The number of fused-ring (bicyclic) bond motifs is 1. The molecule has 0 unspecified atom stereocenters. The Bertz CT molecular complexity index is 614. The number of rotatable bonds is 3. The summed E-state index contributed by atoms with van der Waals surface area (Å²) in [6.07, 6.45) is 1.60. The molecule has 0 saturated heterocycles. The second-order valence-electron chi connectivity index (χ2n) is 5.18. The number of amides is 1. The van der Waals surface area contributed by atoms with Crippen molar-refractivity contribution in [1.82, 2.24) is 10.3 Å². The van der Waals surface area contributed by atoms with Gasteiger partial charge < -0.3 is 15.5 Å². The van der Waals surface area contributed by atoms with Crippen LogP contribution in [0.3, 0.4) is 0 Å². The fourth-order valence-electron chi connectivity index (χ4n) is 2.41. The molecule has 1 fully saturated rings. The highest BCUT2D eigenvalue weighted by molar-refractivity contribution is 5.80. The number of aryl methyl sites for hydroxylation is 1. The Labute approximate surface area is 111 Å². The van der Waals surface area contributed by atoms with Gasteiger partial charge in [0.15, 0.2) is 11.5 Å². The third-order valence-electron chi connectivity index (χ3n) is 3.57. The molecule has 0 aliphatic heterocycles. The summed E-state index contributed by atoms with van der Waals surface area (Å²) in [4.78, 5) is 16.1. The minimum atomic E-state index is 0.0908. The number of hydrogen-bond acceptors (Lipinski definition) is 4. The number of aromatic nitrogens is 1. The molecule has 1 amide bonds. The third-order valence-corrected chi connectivity index (χ3v) is 3.57. The van der Waals surface area contributed by atoms with Crippen LogP contribution in [0.15, 0.2) is 22.6 Å². The fourth-order valence-corrected chi connectivity index (χ4v) is 2.41. The number of benzene rings is 1. The Balaban J connectivity index is 1.63. The molecular formula is C14H17N3O2. The Hall–Kier alpha value is -1.88.